The third-order valence-electron chi connectivity index (χ3n) is 3.14. The molecular formula is C15H21N3O2. The van der Waals surface area contributed by atoms with Gasteiger partial charge < -0.3 is 19.4 Å². The minimum Gasteiger partial charge on any atom is -0.493 e. The Morgan fingerprint density at radius 2 is 2.00 bits per heavy atom. The van der Waals surface area contributed by atoms with Gasteiger partial charge in [0.15, 0.2) is 11.5 Å². The molecule has 5 heteroatoms. The Morgan fingerprint density at radius 1 is 1.20 bits per heavy atom. The molecule has 0 radical (unpaired) electrons. The van der Waals surface area contributed by atoms with Gasteiger partial charge in [-0.05, 0) is 24.2 Å². The molecule has 0 saturated carbocycles. The smallest absolute Gasteiger partial charge is 0.161 e. The summed E-state index contributed by atoms with van der Waals surface area (Å²) in [5.41, 5.74) is 1.15. The summed E-state index contributed by atoms with van der Waals surface area (Å²) in [6.45, 7) is 4.56. The zero-order valence-corrected chi connectivity index (χ0v) is 12.2. The van der Waals surface area contributed by atoms with E-state index in [4.69, 9.17) is 9.47 Å². The van der Waals surface area contributed by atoms with Crippen LogP contribution in [0.15, 0.2) is 30.6 Å². The number of nitrogens with zero attached hydrogens (tertiary/aromatic N) is 2. The lowest BCUT2D eigenvalue weighted by molar-refractivity contribution is 0.354. The Kier molecular flexibility index (Phi) is 5.01. The molecule has 1 heterocycles. The molecule has 0 amide bonds. The molecule has 0 fully saturated rings. The molecule has 2 rings (SSSR count). The molecule has 0 spiro atoms. The molecule has 1 N–H and O–H groups in total. The van der Waals surface area contributed by atoms with Gasteiger partial charge in [0, 0.05) is 18.9 Å². The maximum Gasteiger partial charge on any atom is 0.161 e. The average molecular weight is 275 g/mol. The summed E-state index contributed by atoms with van der Waals surface area (Å²) in [6.07, 6.45) is 3.82. The van der Waals surface area contributed by atoms with E-state index in [-0.39, 0.29) is 0 Å². The first-order valence-electron chi connectivity index (χ1n) is 6.70. The quantitative estimate of drug-likeness (QED) is 0.840. The van der Waals surface area contributed by atoms with Gasteiger partial charge in [-0.3, -0.25) is 0 Å². The van der Waals surface area contributed by atoms with E-state index >= 15 is 0 Å². The van der Waals surface area contributed by atoms with Crippen molar-refractivity contribution in [3.8, 4) is 11.5 Å². The van der Waals surface area contributed by atoms with Crippen LogP contribution in [-0.4, -0.2) is 30.3 Å². The molecule has 0 aliphatic rings. The molecular weight excluding hydrogens is 254 g/mol. The number of nitrogens with one attached hydrogen (secondary N) is 1. The second kappa shape index (κ2) is 6.96. The molecule has 0 unspecified atom stereocenters. The Hall–Kier alpha value is -2.01. The van der Waals surface area contributed by atoms with Crippen LogP contribution in [0.25, 0.3) is 0 Å². The van der Waals surface area contributed by atoms with E-state index in [1.54, 1.807) is 14.2 Å². The molecule has 20 heavy (non-hydrogen) atoms. The first-order valence-corrected chi connectivity index (χ1v) is 6.70. The number of benzene rings is 1. The molecule has 0 saturated heterocycles. The fraction of sp³-hybridized carbons (Fsp3) is 0.400. The standard InChI is InChI=1S/C15H21N3O2/c1-4-16-10-15-17-7-8-18(15)11-12-5-6-13(19-2)14(9-12)20-3/h5-9,16H,4,10-11H2,1-3H3. The third kappa shape index (κ3) is 3.30. The highest BCUT2D eigenvalue weighted by atomic mass is 16.5. The second-order valence-corrected chi connectivity index (χ2v) is 4.44. The van der Waals surface area contributed by atoms with Crippen molar-refractivity contribution < 1.29 is 9.47 Å². The van der Waals surface area contributed by atoms with Gasteiger partial charge in [0.2, 0.25) is 0 Å². The lowest BCUT2D eigenvalue weighted by Gasteiger charge is -2.11. The zero-order chi connectivity index (χ0) is 14.4. The molecule has 108 valence electrons. The number of aromatic nitrogens is 2. The van der Waals surface area contributed by atoms with Gasteiger partial charge in [-0.25, -0.2) is 4.98 Å². The highest BCUT2D eigenvalue weighted by Crippen LogP contribution is 2.27. The van der Waals surface area contributed by atoms with Crippen LogP contribution >= 0.6 is 0 Å². The topological polar surface area (TPSA) is 48.3 Å². The van der Waals surface area contributed by atoms with E-state index in [9.17, 15) is 0 Å². The van der Waals surface area contributed by atoms with Crippen LogP contribution < -0.4 is 14.8 Å². The van der Waals surface area contributed by atoms with Gasteiger partial charge in [0.25, 0.3) is 0 Å². The Bertz CT molecular complexity index is 552. The average Bonchev–Trinajstić information content (AvgIpc) is 2.92. The Balaban J connectivity index is 2.15. The van der Waals surface area contributed by atoms with Gasteiger partial charge in [0.1, 0.15) is 5.82 Å². The maximum atomic E-state index is 5.33. The second-order valence-electron chi connectivity index (χ2n) is 4.44. The van der Waals surface area contributed by atoms with Crippen LogP contribution in [0.4, 0.5) is 0 Å². The summed E-state index contributed by atoms with van der Waals surface area (Å²) in [4.78, 5) is 4.37. The van der Waals surface area contributed by atoms with Crippen LogP contribution in [0.5, 0.6) is 11.5 Å². The number of hydrogen-bond acceptors (Lipinski definition) is 4. The lowest BCUT2D eigenvalue weighted by Crippen LogP contribution is -2.16. The summed E-state index contributed by atoms with van der Waals surface area (Å²) in [5.74, 6) is 2.52. The van der Waals surface area contributed by atoms with Crippen LogP contribution in [-0.2, 0) is 13.1 Å². The lowest BCUT2D eigenvalue weighted by atomic mass is 10.2. The monoisotopic (exact) mass is 275 g/mol. The number of ether oxygens (including phenoxy) is 2. The van der Waals surface area contributed by atoms with Gasteiger partial charge in [0.05, 0.1) is 20.8 Å². The molecule has 0 bridgehead atoms. The number of methoxy groups -OCH3 is 2. The Labute approximate surface area is 119 Å². The summed E-state index contributed by atoms with van der Waals surface area (Å²) in [7, 11) is 3.29. The molecule has 5 nitrogen and oxygen atoms in total. The van der Waals surface area contributed by atoms with Gasteiger partial charge >= 0.3 is 0 Å². The summed E-state index contributed by atoms with van der Waals surface area (Å²) < 4.78 is 12.7. The van der Waals surface area contributed by atoms with Crippen molar-refractivity contribution in [2.75, 3.05) is 20.8 Å². The van der Waals surface area contributed by atoms with E-state index in [2.05, 4.69) is 21.8 Å². The van der Waals surface area contributed by atoms with Crippen LogP contribution in [0.2, 0.25) is 0 Å². The van der Waals surface area contributed by atoms with Crippen LogP contribution in [0.3, 0.4) is 0 Å². The SMILES string of the molecule is CCNCc1nccn1Cc1ccc(OC)c(OC)c1. The largest absolute Gasteiger partial charge is 0.493 e. The van der Waals surface area contributed by atoms with Gasteiger partial charge in [-0.15, -0.1) is 0 Å². The normalized spacial score (nSPS) is 10.6. The minimum atomic E-state index is 0.745. The predicted molar refractivity (Wildman–Crippen MR) is 78.3 cm³/mol. The van der Waals surface area contributed by atoms with Crippen molar-refractivity contribution in [2.24, 2.45) is 0 Å². The molecule has 1 aromatic carbocycles. The maximum absolute atomic E-state index is 5.33. The highest BCUT2D eigenvalue weighted by molar-refractivity contribution is 5.42. The van der Waals surface area contributed by atoms with Crippen molar-refractivity contribution in [3.63, 3.8) is 0 Å². The fourth-order valence-electron chi connectivity index (χ4n) is 2.06. The predicted octanol–water partition coefficient (Wildman–Crippen LogP) is 2.06. The van der Waals surface area contributed by atoms with Crippen molar-refractivity contribution in [1.82, 2.24) is 14.9 Å². The zero-order valence-electron chi connectivity index (χ0n) is 12.2. The molecule has 0 aliphatic carbocycles. The van der Waals surface area contributed by atoms with Crippen molar-refractivity contribution in [1.29, 1.82) is 0 Å². The van der Waals surface area contributed by atoms with Crippen LogP contribution in [0.1, 0.15) is 18.3 Å². The fourth-order valence-corrected chi connectivity index (χ4v) is 2.06. The van der Waals surface area contributed by atoms with Crippen molar-refractivity contribution in [3.05, 3.63) is 42.0 Å². The summed E-state index contributed by atoms with van der Waals surface area (Å²) >= 11 is 0. The molecule has 2 aromatic rings. The van der Waals surface area contributed by atoms with Crippen molar-refractivity contribution in [2.45, 2.75) is 20.0 Å². The summed E-state index contributed by atoms with van der Waals surface area (Å²) in [6, 6.07) is 5.96. The molecule has 0 atom stereocenters. The third-order valence-corrected chi connectivity index (χ3v) is 3.14. The van der Waals surface area contributed by atoms with E-state index < -0.39 is 0 Å². The number of imidazole rings is 1. The summed E-state index contributed by atoms with van der Waals surface area (Å²) in [5, 5.41) is 3.29. The van der Waals surface area contributed by atoms with E-state index in [1.165, 1.54) is 0 Å². The van der Waals surface area contributed by atoms with Gasteiger partial charge in [-0.2, -0.15) is 0 Å². The van der Waals surface area contributed by atoms with Crippen molar-refractivity contribution >= 4 is 0 Å². The van der Waals surface area contributed by atoms with Crippen LogP contribution in [0, 0.1) is 0 Å². The number of rotatable bonds is 7. The first-order chi connectivity index (χ1) is 9.78. The minimum absolute atomic E-state index is 0.745. The van der Waals surface area contributed by atoms with E-state index in [1.807, 2.05) is 30.6 Å². The van der Waals surface area contributed by atoms with E-state index in [0.29, 0.717) is 0 Å². The van der Waals surface area contributed by atoms with E-state index in [0.717, 1.165) is 42.5 Å². The molecule has 1 aromatic heterocycles. The highest BCUT2D eigenvalue weighted by Gasteiger charge is 2.07. The molecule has 0 aliphatic heterocycles. The Morgan fingerprint density at radius 3 is 2.70 bits per heavy atom. The first kappa shape index (κ1) is 14.4. The number of hydrogen-bond donors (Lipinski definition) is 1. The van der Waals surface area contributed by atoms with Gasteiger partial charge in [-0.1, -0.05) is 13.0 Å².